The third kappa shape index (κ3) is 10.7. The molecule has 0 unspecified atom stereocenters. The highest BCUT2D eigenvalue weighted by Gasteiger charge is 2.25. The molecule has 1 aromatic rings. The SMILES string of the molecule is FC(F)(F)F.O=CN[C@@H](CCc1ccccc1)C(=O)C(F)F. The van der Waals surface area contributed by atoms with Crippen molar-refractivity contribution in [2.24, 2.45) is 0 Å². The minimum atomic E-state index is -5.50. The first kappa shape index (κ1) is 19.9. The van der Waals surface area contributed by atoms with Crippen LogP contribution in [0.5, 0.6) is 0 Å². The lowest BCUT2D eigenvalue weighted by molar-refractivity contribution is -0.237. The molecular formula is C13H13F6NO2. The van der Waals surface area contributed by atoms with E-state index in [0.717, 1.165) is 5.56 Å². The fraction of sp³-hybridized carbons (Fsp3) is 0.385. The van der Waals surface area contributed by atoms with E-state index in [9.17, 15) is 35.9 Å². The molecule has 0 fully saturated rings. The number of aryl methyl sites for hydroxylation is 1. The first-order valence-electron chi connectivity index (χ1n) is 5.96. The second kappa shape index (κ2) is 9.80. The molecule has 1 N–H and O–H groups in total. The van der Waals surface area contributed by atoms with Crippen LogP contribution in [0.4, 0.5) is 26.3 Å². The zero-order valence-corrected chi connectivity index (χ0v) is 11.1. The van der Waals surface area contributed by atoms with E-state index in [1.54, 1.807) is 0 Å². The van der Waals surface area contributed by atoms with Gasteiger partial charge in [-0.25, -0.2) is 8.78 Å². The number of carbonyl (C=O) groups excluding carboxylic acids is 2. The highest BCUT2D eigenvalue weighted by Crippen LogP contribution is 2.13. The standard InChI is InChI=1S/C12H13F2NO2.CF4/c13-12(14)11(17)10(15-8-16)7-6-9-4-2-1-3-5-9;2-1(3,4)5/h1-5,8,10,12H,6-7H2,(H,15,16);/t10-;/m0./s1. The van der Waals surface area contributed by atoms with Crippen molar-refractivity contribution in [3.8, 4) is 0 Å². The maximum Gasteiger partial charge on any atom is 0.559 e. The van der Waals surface area contributed by atoms with Crippen molar-refractivity contribution in [1.29, 1.82) is 0 Å². The summed E-state index contributed by atoms with van der Waals surface area (Å²) >= 11 is 0. The molecule has 1 rings (SSSR count). The summed E-state index contributed by atoms with van der Waals surface area (Å²) in [5, 5.41) is 2.12. The molecule has 1 aromatic carbocycles. The predicted molar refractivity (Wildman–Crippen MR) is 65.9 cm³/mol. The van der Waals surface area contributed by atoms with Gasteiger partial charge in [-0.1, -0.05) is 30.3 Å². The van der Waals surface area contributed by atoms with Crippen LogP contribution in [-0.2, 0) is 16.0 Å². The minimum absolute atomic E-state index is 0.173. The fourth-order valence-electron chi connectivity index (χ4n) is 1.50. The van der Waals surface area contributed by atoms with Crippen molar-refractivity contribution in [2.75, 3.05) is 0 Å². The van der Waals surface area contributed by atoms with E-state index in [4.69, 9.17) is 0 Å². The summed E-state index contributed by atoms with van der Waals surface area (Å²) in [7, 11) is 0. The quantitative estimate of drug-likeness (QED) is 0.617. The topological polar surface area (TPSA) is 46.2 Å². The van der Waals surface area contributed by atoms with E-state index in [0.29, 0.717) is 6.42 Å². The molecule has 0 spiro atoms. The number of nitrogens with one attached hydrogen (secondary N) is 1. The van der Waals surface area contributed by atoms with Crippen LogP contribution in [-0.4, -0.2) is 31.1 Å². The number of rotatable bonds is 7. The largest absolute Gasteiger partial charge is 0.559 e. The van der Waals surface area contributed by atoms with Crippen molar-refractivity contribution in [2.45, 2.75) is 31.7 Å². The van der Waals surface area contributed by atoms with Crippen LogP contribution in [0.1, 0.15) is 12.0 Å². The number of Topliss-reactive ketones (excluding diaryl/α,β-unsaturated/α-hetero) is 1. The Balaban J connectivity index is 0.000000763. The Morgan fingerprint density at radius 3 is 2.05 bits per heavy atom. The Hall–Kier alpha value is -2.06. The maximum absolute atomic E-state index is 12.2. The number of amides is 1. The molecule has 22 heavy (non-hydrogen) atoms. The number of alkyl halides is 6. The molecule has 0 radical (unpaired) electrons. The molecule has 0 aromatic heterocycles. The Morgan fingerprint density at radius 1 is 1.14 bits per heavy atom. The van der Waals surface area contributed by atoms with Gasteiger partial charge in [0.05, 0.1) is 6.04 Å². The predicted octanol–water partition coefficient (Wildman–Crippen LogP) is 3.04. The van der Waals surface area contributed by atoms with Crippen LogP contribution < -0.4 is 5.32 Å². The van der Waals surface area contributed by atoms with Crippen LogP contribution in [0.2, 0.25) is 0 Å². The van der Waals surface area contributed by atoms with Gasteiger partial charge in [0.25, 0.3) is 6.43 Å². The van der Waals surface area contributed by atoms with Crippen molar-refractivity contribution < 1.29 is 35.9 Å². The average Bonchev–Trinajstić information content (AvgIpc) is 2.42. The van der Waals surface area contributed by atoms with Crippen LogP contribution >= 0.6 is 0 Å². The first-order chi connectivity index (χ1) is 10.1. The maximum atomic E-state index is 12.2. The van der Waals surface area contributed by atoms with E-state index in [1.165, 1.54) is 0 Å². The highest BCUT2D eigenvalue weighted by atomic mass is 19.5. The molecule has 0 bridgehead atoms. The van der Waals surface area contributed by atoms with Crippen molar-refractivity contribution in [3.05, 3.63) is 35.9 Å². The first-order valence-corrected chi connectivity index (χ1v) is 5.96. The van der Waals surface area contributed by atoms with Gasteiger partial charge in [-0.2, -0.15) is 0 Å². The molecule has 124 valence electrons. The zero-order chi connectivity index (χ0) is 17.2. The van der Waals surface area contributed by atoms with E-state index < -0.39 is 24.7 Å². The van der Waals surface area contributed by atoms with Gasteiger partial charge in [0, 0.05) is 0 Å². The number of ketones is 1. The number of halogens is 6. The van der Waals surface area contributed by atoms with Crippen LogP contribution in [0.25, 0.3) is 0 Å². The average molecular weight is 329 g/mol. The van der Waals surface area contributed by atoms with E-state index in [1.807, 2.05) is 30.3 Å². The number of benzene rings is 1. The van der Waals surface area contributed by atoms with Crippen molar-refractivity contribution in [1.82, 2.24) is 5.32 Å². The molecule has 0 aliphatic carbocycles. The molecule has 1 amide bonds. The Morgan fingerprint density at radius 2 is 1.64 bits per heavy atom. The van der Waals surface area contributed by atoms with Crippen LogP contribution in [0.15, 0.2) is 30.3 Å². The molecule has 3 nitrogen and oxygen atoms in total. The van der Waals surface area contributed by atoms with Gasteiger partial charge in [0.1, 0.15) is 0 Å². The number of hydrogen-bond donors (Lipinski definition) is 1. The number of carbonyl (C=O) groups is 2. The lowest BCUT2D eigenvalue weighted by atomic mass is 10.0. The van der Waals surface area contributed by atoms with Crippen molar-refractivity contribution in [3.63, 3.8) is 0 Å². The van der Waals surface area contributed by atoms with Crippen LogP contribution in [0.3, 0.4) is 0 Å². The molecule has 1 atom stereocenters. The molecule has 0 aliphatic rings. The molecule has 0 heterocycles. The second-order valence-electron chi connectivity index (χ2n) is 3.99. The van der Waals surface area contributed by atoms with Gasteiger partial charge in [-0.05, 0) is 18.4 Å². The van der Waals surface area contributed by atoms with Crippen LogP contribution in [0, 0.1) is 0 Å². The summed E-state index contributed by atoms with van der Waals surface area (Å²) in [4.78, 5) is 21.3. The van der Waals surface area contributed by atoms with Gasteiger partial charge in [0.15, 0.2) is 0 Å². The Bertz CT molecular complexity index is 444. The van der Waals surface area contributed by atoms with Crippen molar-refractivity contribution >= 4 is 12.2 Å². The smallest absolute Gasteiger partial charge is 0.349 e. The van der Waals surface area contributed by atoms with E-state index in [2.05, 4.69) is 5.32 Å². The Kier molecular flexibility index (Phi) is 8.88. The fourth-order valence-corrected chi connectivity index (χ4v) is 1.50. The lowest BCUT2D eigenvalue weighted by Gasteiger charge is -2.14. The molecule has 9 heteroatoms. The normalized spacial score (nSPS) is 12.1. The van der Waals surface area contributed by atoms with Gasteiger partial charge in [0.2, 0.25) is 12.2 Å². The van der Waals surface area contributed by atoms with E-state index in [-0.39, 0.29) is 12.8 Å². The number of hydrogen-bond acceptors (Lipinski definition) is 2. The Labute approximate surface area is 122 Å². The minimum Gasteiger partial charge on any atom is -0.349 e. The summed E-state index contributed by atoms with van der Waals surface area (Å²) < 4.78 is 63.2. The third-order valence-electron chi connectivity index (χ3n) is 2.39. The molecular weight excluding hydrogens is 316 g/mol. The highest BCUT2D eigenvalue weighted by molar-refractivity contribution is 5.88. The van der Waals surface area contributed by atoms with Gasteiger partial charge >= 0.3 is 6.43 Å². The molecule has 0 saturated heterocycles. The summed E-state index contributed by atoms with van der Waals surface area (Å²) in [6.07, 6.45) is -7.64. The summed E-state index contributed by atoms with van der Waals surface area (Å²) in [5.74, 6) is -1.24. The van der Waals surface area contributed by atoms with E-state index >= 15 is 0 Å². The summed E-state index contributed by atoms with van der Waals surface area (Å²) in [6, 6.07) is 8.05. The van der Waals surface area contributed by atoms with Gasteiger partial charge in [-0.3, -0.25) is 9.59 Å². The van der Waals surface area contributed by atoms with Gasteiger partial charge in [-0.15, -0.1) is 17.6 Å². The summed E-state index contributed by atoms with van der Waals surface area (Å²) in [5.41, 5.74) is 0.937. The lowest BCUT2D eigenvalue weighted by Crippen LogP contribution is -2.39. The zero-order valence-electron chi connectivity index (χ0n) is 11.1. The monoisotopic (exact) mass is 329 g/mol. The summed E-state index contributed by atoms with van der Waals surface area (Å²) in [6.45, 7) is 0. The van der Waals surface area contributed by atoms with Gasteiger partial charge < -0.3 is 5.32 Å². The second-order valence-corrected chi connectivity index (χ2v) is 3.99. The third-order valence-corrected chi connectivity index (χ3v) is 2.39. The molecule has 0 aliphatic heterocycles. The molecule has 0 saturated carbocycles.